The molecule has 2 aromatic carbocycles. The number of hydrogen-bond donors (Lipinski definition) is 2. The Kier molecular flexibility index (Phi) is 6.04. The molecule has 1 aromatic heterocycles. The molecule has 5 heteroatoms. The van der Waals surface area contributed by atoms with Crippen LogP contribution in [0, 0.1) is 0 Å². The molecule has 1 saturated heterocycles. The van der Waals surface area contributed by atoms with Crippen molar-refractivity contribution < 1.29 is 9.84 Å². The molecule has 1 atom stereocenters. The molecule has 0 radical (unpaired) electrons. The fraction of sp³-hybridized carbons (Fsp3) is 0.348. The van der Waals surface area contributed by atoms with Gasteiger partial charge in [-0.1, -0.05) is 24.3 Å². The number of piperidine rings is 1. The zero-order valence-electron chi connectivity index (χ0n) is 16.1. The second-order valence-corrected chi connectivity index (χ2v) is 7.34. The van der Waals surface area contributed by atoms with Gasteiger partial charge in [0.1, 0.15) is 12.4 Å². The van der Waals surface area contributed by atoms with E-state index in [4.69, 9.17) is 9.84 Å². The minimum Gasteiger partial charge on any atom is -0.491 e. The largest absolute Gasteiger partial charge is 0.491 e. The number of benzene rings is 2. The van der Waals surface area contributed by atoms with Gasteiger partial charge in [0.2, 0.25) is 0 Å². The fourth-order valence-electron chi connectivity index (χ4n) is 3.94. The second kappa shape index (κ2) is 9.04. The first-order chi connectivity index (χ1) is 13.8. The molecular weight excluding hydrogens is 350 g/mol. The van der Waals surface area contributed by atoms with Gasteiger partial charge in [-0.3, -0.25) is 9.88 Å². The van der Waals surface area contributed by atoms with E-state index in [0.29, 0.717) is 12.6 Å². The fourth-order valence-corrected chi connectivity index (χ4v) is 3.94. The average Bonchev–Trinajstić information content (AvgIpc) is 2.73. The molecule has 0 aliphatic carbocycles. The molecule has 1 aliphatic heterocycles. The summed E-state index contributed by atoms with van der Waals surface area (Å²) in [5.74, 6) is 0.822. The highest BCUT2D eigenvalue weighted by Gasteiger charge is 2.20. The van der Waals surface area contributed by atoms with Crippen LogP contribution in [0.3, 0.4) is 0 Å². The summed E-state index contributed by atoms with van der Waals surface area (Å²) >= 11 is 0. The van der Waals surface area contributed by atoms with Crippen molar-refractivity contribution in [3.8, 4) is 5.75 Å². The predicted octanol–water partition coefficient (Wildman–Crippen LogP) is 3.68. The van der Waals surface area contributed by atoms with Crippen LogP contribution in [0.5, 0.6) is 5.75 Å². The average molecular weight is 377 g/mol. The van der Waals surface area contributed by atoms with Gasteiger partial charge in [-0.05, 0) is 49.2 Å². The SMILES string of the molecule is OCCOc1cccc(CN2CCCC(Nc3cccc4cnccc34)C2)c1. The van der Waals surface area contributed by atoms with E-state index in [0.717, 1.165) is 25.4 Å². The predicted molar refractivity (Wildman–Crippen MR) is 113 cm³/mol. The van der Waals surface area contributed by atoms with Gasteiger partial charge in [-0.25, -0.2) is 0 Å². The third kappa shape index (κ3) is 4.61. The highest BCUT2D eigenvalue weighted by molar-refractivity contribution is 5.93. The van der Waals surface area contributed by atoms with E-state index in [-0.39, 0.29) is 6.61 Å². The van der Waals surface area contributed by atoms with Gasteiger partial charge in [0.05, 0.1) is 6.61 Å². The molecule has 5 nitrogen and oxygen atoms in total. The van der Waals surface area contributed by atoms with Crippen LogP contribution in [-0.2, 0) is 6.54 Å². The number of rotatable bonds is 7. The molecule has 146 valence electrons. The summed E-state index contributed by atoms with van der Waals surface area (Å²) in [6.07, 6.45) is 6.13. The maximum atomic E-state index is 8.93. The van der Waals surface area contributed by atoms with Crippen LogP contribution in [0.2, 0.25) is 0 Å². The first-order valence-corrected chi connectivity index (χ1v) is 9.96. The van der Waals surface area contributed by atoms with Gasteiger partial charge >= 0.3 is 0 Å². The maximum absolute atomic E-state index is 8.93. The summed E-state index contributed by atoms with van der Waals surface area (Å²) in [5.41, 5.74) is 2.43. The Balaban J connectivity index is 1.40. The van der Waals surface area contributed by atoms with Crippen molar-refractivity contribution in [2.24, 2.45) is 0 Å². The molecule has 1 aliphatic rings. The van der Waals surface area contributed by atoms with Gasteiger partial charge < -0.3 is 15.2 Å². The van der Waals surface area contributed by atoms with E-state index in [1.165, 1.54) is 34.9 Å². The molecule has 1 fully saturated rings. The maximum Gasteiger partial charge on any atom is 0.119 e. The first kappa shape index (κ1) is 18.7. The first-order valence-electron chi connectivity index (χ1n) is 9.96. The summed E-state index contributed by atoms with van der Waals surface area (Å²) in [4.78, 5) is 6.72. The minimum atomic E-state index is 0.0356. The number of nitrogens with one attached hydrogen (secondary N) is 1. The molecule has 0 spiro atoms. The van der Waals surface area contributed by atoms with Crippen LogP contribution >= 0.6 is 0 Å². The standard InChI is InChI=1S/C23H27N3O2/c27-12-13-28-21-7-1-4-18(14-21)16-26-11-3-6-20(17-26)25-23-8-2-5-19-15-24-10-9-22(19)23/h1-2,4-5,7-10,14-15,20,25,27H,3,6,11-13,16-17H2. The Labute approximate surface area is 166 Å². The number of hydrogen-bond acceptors (Lipinski definition) is 5. The lowest BCUT2D eigenvalue weighted by atomic mass is 10.0. The van der Waals surface area contributed by atoms with E-state index in [1.807, 2.05) is 24.5 Å². The quantitative estimate of drug-likeness (QED) is 0.658. The third-order valence-corrected chi connectivity index (χ3v) is 5.21. The van der Waals surface area contributed by atoms with E-state index in [2.05, 4.69) is 51.6 Å². The highest BCUT2D eigenvalue weighted by Crippen LogP contribution is 2.25. The Morgan fingerprint density at radius 2 is 2.11 bits per heavy atom. The number of anilines is 1. The van der Waals surface area contributed by atoms with Crippen LogP contribution in [0.1, 0.15) is 18.4 Å². The summed E-state index contributed by atoms with van der Waals surface area (Å²) in [6.45, 7) is 3.41. The highest BCUT2D eigenvalue weighted by atomic mass is 16.5. The van der Waals surface area contributed by atoms with E-state index < -0.39 is 0 Å². The molecule has 2 N–H and O–H groups in total. The number of fused-ring (bicyclic) bond motifs is 1. The van der Waals surface area contributed by atoms with Crippen molar-refractivity contribution in [1.29, 1.82) is 0 Å². The number of aliphatic hydroxyl groups is 1. The van der Waals surface area contributed by atoms with Gasteiger partial charge in [0.15, 0.2) is 0 Å². The smallest absolute Gasteiger partial charge is 0.119 e. The van der Waals surface area contributed by atoms with Crippen LogP contribution in [0.15, 0.2) is 60.9 Å². The molecule has 28 heavy (non-hydrogen) atoms. The van der Waals surface area contributed by atoms with Gasteiger partial charge in [0, 0.05) is 48.0 Å². The van der Waals surface area contributed by atoms with Crippen molar-refractivity contribution in [2.75, 3.05) is 31.6 Å². The summed E-state index contributed by atoms with van der Waals surface area (Å²) in [7, 11) is 0. The number of aromatic nitrogens is 1. The Bertz CT molecular complexity index is 910. The van der Waals surface area contributed by atoms with Crippen molar-refractivity contribution in [3.05, 3.63) is 66.5 Å². The van der Waals surface area contributed by atoms with Gasteiger partial charge in [-0.15, -0.1) is 0 Å². The summed E-state index contributed by atoms with van der Waals surface area (Å²) < 4.78 is 5.54. The second-order valence-electron chi connectivity index (χ2n) is 7.34. The zero-order chi connectivity index (χ0) is 19.2. The molecule has 0 saturated carbocycles. The van der Waals surface area contributed by atoms with E-state index in [1.54, 1.807) is 0 Å². The zero-order valence-corrected chi connectivity index (χ0v) is 16.1. The Hall–Kier alpha value is -2.63. The van der Waals surface area contributed by atoms with Crippen LogP contribution in [0.4, 0.5) is 5.69 Å². The molecule has 3 aromatic rings. The topological polar surface area (TPSA) is 57.6 Å². The summed E-state index contributed by atoms with van der Waals surface area (Å²) in [5, 5.41) is 15.1. The van der Waals surface area contributed by atoms with Crippen LogP contribution in [0.25, 0.3) is 10.8 Å². The van der Waals surface area contributed by atoms with Crippen molar-refractivity contribution >= 4 is 16.5 Å². The Morgan fingerprint density at radius 3 is 3.04 bits per heavy atom. The van der Waals surface area contributed by atoms with Crippen molar-refractivity contribution in [1.82, 2.24) is 9.88 Å². The number of aliphatic hydroxyl groups excluding tert-OH is 1. The van der Waals surface area contributed by atoms with Crippen LogP contribution in [-0.4, -0.2) is 47.3 Å². The van der Waals surface area contributed by atoms with Gasteiger partial charge in [0.25, 0.3) is 0 Å². The Morgan fingerprint density at radius 1 is 1.18 bits per heavy atom. The van der Waals surface area contributed by atoms with E-state index in [9.17, 15) is 0 Å². The molecule has 4 rings (SSSR count). The molecule has 1 unspecified atom stereocenters. The van der Waals surface area contributed by atoms with Crippen LogP contribution < -0.4 is 10.1 Å². The lowest BCUT2D eigenvalue weighted by molar-refractivity contribution is 0.199. The lowest BCUT2D eigenvalue weighted by Crippen LogP contribution is -2.41. The molecule has 0 bridgehead atoms. The minimum absolute atomic E-state index is 0.0356. The van der Waals surface area contributed by atoms with Crippen molar-refractivity contribution in [2.45, 2.75) is 25.4 Å². The third-order valence-electron chi connectivity index (χ3n) is 5.21. The lowest BCUT2D eigenvalue weighted by Gasteiger charge is -2.34. The number of ether oxygens (including phenoxy) is 1. The normalized spacial score (nSPS) is 17.5. The van der Waals surface area contributed by atoms with E-state index >= 15 is 0 Å². The molecule has 0 amide bonds. The number of pyridine rings is 1. The van der Waals surface area contributed by atoms with Gasteiger partial charge in [-0.2, -0.15) is 0 Å². The molecule has 2 heterocycles. The molecular formula is C23H27N3O2. The monoisotopic (exact) mass is 377 g/mol. The summed E-state index contributed by atoms with van der Waals surface area (Å²) in [6, 6.07) is 17.0. The van der Waals surface area contributed by atoms with Crippen molar-refractivity contribution in [3.63, 3.8) is 0 Å². The number of nitrogens with zero attached hydrogens (tertiary/aromatic N) is 2. The number of likely N-dealkylation sites (tertiary alicyclic amines) is 1.